The second kappa shape index (κ2) is 5.08. The van der Waals surface area contributed by atoms with E-state index >= 15 is 0 Å². The molecule has 1 amide bonds. The van der Waals surface area contributed by atoms with Crippen LogP contribution in [0.5, 0.6) is 0 Å². The minimum atomic E-state index is -3.51. The van der Waals surface area contributed by atoms with Gasteiger partial charge in [-0.05, 0) is 49.6 Å². The summed E-state index contributed by atoms with van der Waals surface area (Å²) in [6, 6.07) is 4.84. The number of nitrogens with one attached hydrogen (secondary N) is 1. The van der Waals surface area contributed by atoms with Gasteiger partial charge >= 0.3 is 0 Å². The third-order valence-electron chi connectivity index (χ3n) is 4.36. The molecule has 1 saturated heterocycles. The molecule has 2 unspecified atom stereocenters. The first-order chi connectivity index (χ1) is 9.93. The Bertz CT molecular complexity index is 687. The van der Waals surface area contributed by atoms with Gasteiger partial charge in [0.05, 0.1) is 10.8 Å². The third kappa shape index (κ3) is 2.35. The number of benzene rings is 1. The van der Waals surface area contributed by atoms with Crippen LogP contribution >= 0.6 is 0 Å². The molecule has 114 valence electrons. The maximum absolute atomic E-state index is 12.7. The highest BCUT2D eigenvalue weighted by Crippen LogP contribution is 2.35. The number of carbonyl (C=O) groups is 1. The lowest BCUT2D eigenvalue weighted by molar-refractivity contribution is -0.116. The molecule has 1 aromatic rings. The summed E-state index contributed by atoms with van der Waals surface area (Å²) in [4.78, 5) is 11.9. The fourth-order valence-corrected chi connectivity index (χ4v) is 4.48. The summed E-state index contributed by atoms with van der Waals surface area (Å²) in [5, 5.41) is 2.75. The van der Waals surface area contributed by atoms with Crippen LogP contribution in [0.3, 0.4) is 0 Å². The van der Waals surface area contributed by atoms with Crippen LogP contribution in [0.25, 0.3) is 0 Å². The van der Waals surface area contributed by atoms with E-state index in [4.69, 9.17) is 5.73 Å². The number of sulfonamides is 1. The van der Waals surface area contributed by atoms with Crippen molar-refractivity contribution < 1.29 is 13.2 Å². The van der Waals surface area contributed by atoms with Gasteiger partial charge in [0.25, 0.3) is 0 Å². The Morgan fingerprint density at radius 2 is 2.19 bits per heavy atom. The van der Waals surface area contributed by atoms with Gasteiger partial charge in [-0.15, -0.1) is 0 Å². The lowest BCUT2D eigenvalue weighted by Crippen LogP contribution is -2.30. The van der Waals surface area contributed by atoms with Gasteiger partial charge in [-0.1, -0.05) is 0 Å². The van der Waals surface area contributed by atoms with Crippen LogP contribution < -0.4 is 11.1 Å². The molecule has 2 aliphatic rings. The van der Waals surface area contributed by atoms with Crippen molar-refractivity contribution in [3.05, 3.63) is 23.8 Å². The monoisotopic (exact) mass is 309 g/mol. The molecule has 1 aromatic carbocycles. The first kappa shape index (κ1) is 14.5. The highest BCUT2D eigenvalue weighted by atomic mass is 32.2. The summed E-state index contributed by atoms with van der Waals surface area (Å²) in [7, 11) is -3.51. The molecule has 0 radical (unpaired) electrons. The smallest absolute Gasteiger partial charge is 0.243 e. The van der Waals surface area contributed by atoms with Crippen LogP contribution in [-0.2, 0) is 14.8 Å². The molecule has 1 fully saturated rings. The van der Waals surface area contributed by atoms with Crippen LogP contribution in [0.1, 0.15) is 24.8 Å². The van der Waals surface area contributed by atoms with Gasteiger partial charge in [0.1, 0.15) is 0 Å². The molecular formula is C14H19N3O3S. The predicted molar refractivity (Wildman–Crippen MR) is 79.4 cm³/mol. The number of hydrogen-bond acceptors (Lipinski definition) is 4. The topological polar surface area (TPSA) is 92.5 Å². The Morgan fingerprint density at radius 3 is 2.86 bits per heavy atom. The molecule has 0 aromatic heterocycles. The summed E-state index contributed by atoms with van der Waals surface area (Å²) >= 11 is 0. The van der Waals surface area contributed by atoms with Gasteiger partial charge in [-0.3, -0.25) is 4.79 Å². The molecule has 0 aliphatic carbocycles. The molecule has 3 rings (SSSR count). The Hall–Kier alpha value is -1.44. The highest BCUT2D eigenvalue weighted by Gasteiger charge is 2.34. The van der Waals surface area contributed by atoms with Crippen LogP contribution in [0, 0.1) is 5.92 Å². The van der Waals surface area contributed by atoms with Gasteiger partial charge in [0.15, 0.2) is 0 Å². The Balaban J connectivity index is 1.93. The van der Waals surface area contributed by atoms with E-state index < -0.39 is 10.0 Å². The zero-order valence-corrected chi connectivity index (χ0v) is 12.7. The van der Waals surface area contributed by atoms with Crippen molar-refractivity contribution in [2.24, 2.45) is 11.7 Å². The molecule has 2 atom stereocenters. The Kier molecular flexibility index (Phi) is 3.51. The first-order valence-corrected chi connectivity index (χ1v) is 8.52. The molecule has 0 spiro atoms. The summed E-state index contributed by atoms with van der Waals surface area (Å²) in [5.74, 6) is -0.175. The van der Waals surface area contributed by atoms with Gasteiger partial charge in [-0.2, -0.15) is 4.31 Å². The van der Waals surface area contributed by atoms with Crippen LogP contribution in [0.2, 0.25) is 0 Å². The van der Waals surface area contributed by atoms with Crippen molar-refractivity contribution in [2.45, 2.75) is 24.2 Å². The van der Waals surface area contributed by atoms with E-state index in [1.807, 2.05) is 0 Å². The average molecular weight is 309 g/mol. The Labute approximate surface area is 124 Å². The summed E-state index contributed by atoms with van der Waals surface area (Å²) < 4.78 is 26.8. The highest BCUT2D eigenvalue weighted by molar-refractivity contribution is 7.89. The number of anilines is 1. The van der Waals surface area contributed by atoms with E-state index in [1.165, 1.54) is 4.31 Å². The largest absolute Gasteiger partial charge is 0.330 e. The van der Waals surface area contributed by atoms with Gasteiger partial charge in [0, 0.05) is 18.8 Å². The molecule has 2 heterocycles. The SMILES string of the molecule is CC1C(=O)Nc2ccc(S(=O)(=O)N3CCC(CN)C3)cc21. The minimum absolute atomic E-state index is 0.0936. The fraction of sp³-hybridized carbons (Fsp3) is 0.500. The van der Waals surface area contributed by atoms with E-state index in [-0.39, 0.29) is 22.6 Å². The minimum Gasteiger partial charge on any atom is -0.330 e. The zero-order valence-electron chi connectivity index (χ0n) is 11.9. The molecule has 0 saturated carbocycles. The number of carbonyl (C=O) groups excluding carboxylic acids is 1. The normalized spacial score (nSPS) is 25.9. The lowest BCUT2D eigenvalue weighted by Gasteiger charge is -2.17. The van der Waals surface area contributed by atoms with Crippen molar-refractivity contribution in [1.29, 1.82) is 0 Å². The van der Waals surface area contributed by atoms with Crippen LogP contribution in [-0.4, -0.2) is 38.3 Å². The second-order valence-electron chi connectivity index (χ2n) is 5.71. The first-order valence-electron chi connectivity index (χ1n) is 7.08. The van der Waals surface area contributed by atoms with Crippen LogP contribution in [0.15, 0.2) is 23.1 Å². The van der Waals surface area contributed by atoms with Crippen molar-refractivity contribution in [3.63, 3.8) is 0 Å². The molecule has 3 N–H and O–H groups in total. The predicted octanol–water partition coefficient (Wildman–Crippen LogP) is 0.712. The molecule has 21 heavy (non-hydrogen) atoms. The van der Waals surface area contributed by atoms with E-state index in [0.29, 0.717) is 25.3 Å². The second-order valence-corrected chi connectivity index (χ2v) is 7.65. The number of hydrogen-bond donors (Lipinski definition) is 2. The quantitative estimate of drug-likeness (QED) is 0.860. The summed E-state index contributed by atoms with van der Waals surface area (Å²) in [6.45, 7) is 3.26. The number of nitrogens with two attached hydrogens (primary N) is 1. The van der Waals surface area contributed by atoms with Gasteiger partial charge in [0.2, 0.25) is 15.9 Å². The fourth-order valence-electron chi connectivity index (χ4n) is 2.91. The van der Waals surface area contributed by atoms with Crippen molar-refractivity contribution in [1.82, 2.24) is 4.31 Å². The molecule has 2 aliphatic heterocycles. The zero-order chi connectivity index (χ0) is 15.2. The van der Waals surface area contributed by atoms with E-state index in [1.54, 1.807) is 25.1 Å². The lowest BCUT2D eigenvalue weighted by atomic mass is 10.0. The van der Waals surface area contributed by atoms with Crippen molar-refractivity contribution >= 4 is 21.6 Å². The van der Waals surface area contributed by atoms with Gasteiger partial charge in [-0.25, -0.2) is 8.42 Å². The van der Waals surface area contributed by atoms with E-state index in [0.717, 1.165) is 12.0 Å². The molecule has 6 nitrogen and oxygen atoms in total. The van der Waals surface area contributed by atoms with Crippen molar-refractivity contribution in [2.75, 3.05) is 25.0 Å². The van der Waals surface area contributed by atoms with E-state index in [2.05, 4.69) is 5.32 Å². The number of amides is 1. The van der Waals surface area contributed by atoms with E-state index in [9.17, 15) is 13.2 Å². The molecule has 0 bridgehead atoms. The maximum Gasteiger partial charge on any atom is 0.243 e. The Morgan fingerprint density at radius 1 is 1.43 bits per heavy atom. The third-order valence-corrected chi connectivity index (χ3v) is 6.22. The molecule has 7 heteroatoms. The maximum atomic E-state index is 12.7. The summed E-state index contributed by atoms with van der Waals surface area (Å²) in [6.07, 6.45) is 0.803. The standard InChI is InChI=1S/C14H19N3O3S/c1-9-12-6-11(2-3-13(12)16-14(9)18)21(19,20)17-5-4-10(7-15)8-17/h2-3,6,9-10H,4-5,7-8,15H2,1H3,(H,16,18). The summed E-state index contributed by atoms with van der Waals surface area (Å²) in [5.41, 5.74) is 7.07. The van der Waals surface area contributed by atoms with Crippen molar-refractivity contribution in [3.8, 4) is 0 Å². The molecular weight excluding hydrogens is 290 g/mol. The number of rotatable bonds is 3. The van der Waals surface area contributed by atoms with Crippen LogP contribution in [0.4, 0.5) is 5.69 Å². The number of nitrogens with zero attached hydrogens (tertiary/aromatic N) is 1. The number of fused-ring (bicyclic) bond motifs is 1. The van der Waals surface area contributed by atoms with Gasteiger partial charge < -0.3 is 11.1 Å². The average Bonchev–Trinajstić information content (AvgIpc) is 3.05.